The minimum Gasteiger partial charge on any atom is -0.465 e. The Labute approximate surface area is 129 Å². The Balaban J connectivity index is 2.26. The fourth-order valence-electron chi connectivity index (χ4n) is 1.69. The normalized spacial score (nSPS) is 10.2. The Hall–Kier alpha value is -2.12. The van der Waals surface area contributed by atoms with Gasteiger partial charge in [-0.25, -0.2) is 9.78 Å². The Morgan fingerprint density at radius 2 is 2.14 bits per heavy atom. The summed E-state index contributed by atoms with van der Waals surface area (Å²) in [4.78, 5) is 28.1. The van der Waals surface area contributed by atoms with Gasteiger partial charge in [0.1, 0.15) is 4.88 Å². The lowest BCUT2D eigenvalue weighted by Crippen LogP contribution is -2.12. The Kier molecular flexibility index (Phi) is 4.44. The lowest BCUT2D eigenvalue weighted by molar-refractivity contribution is 0.0600. The second-order valence-electron chi connectivity index (χ2n) is 4.11. The molecule has 0 saturated carbocycles. The minimum absolute atomic E-state index is 0.178. The third kappa shape index (κ3) is 3.32. The predicted molar refractivity (Wildman–Crippen MR) is 82.0 cm³/mol. The van der Waals surface area contributed by atoms with Crippen molar-refractivity contribution in [1.29, 1.82) is 0 Å². The van der Waals surface area contributed by atoms with Crippen LogP contribution in [0, 0.1) is 6.92 Å². The van der Waals surface area contributed by atoms with E-state index in [4.69, 9.17) is 17.3 Å². The molecule has 0 saturated heterocycles. The number of aromatic nitrogens is 1. The Morgan fingerprint density at radius 3 is 2.71 bits per heavy atom. The van der Waals surface area contributed by atoms with Crippen LogP contribution < -0.4 is 11.1 Å². The molecule has 0 aliphatic heterocycles. The second kappa shape index (κ2) is 6.11. The summed E-state index contributed by atoms with van der Waals surface area (Å²) in [6.45, 7) is 1.70. The average molecular weight is 326 g/mol. The van der Waals surface area contributed by atoms with Crippen molar-refractivity contribution in [3.8, 4) is 0 Å². The van der Waals surface area contributed by atoms with Gasteiger partial charge in [0, 0.05) is 5.69 Å². The lowest BCUT2D eigenvalue weighted by atomic mass is 10.2. The highest BCUT2D eigenvalue weighted by Crippen LogP contribution is 2.24. The number of nitrogens with one attached hydrogen (secondary N) is 1. The van der Waals surface area contributed by atoms with Gasteiger partial charge >= 0.3 is 5.97 Å². The summed E-state index contributed by atoms with van der Waals surface area (Å²) in [6.07, 6.45) is 0. The summed E-state index contributed by atoms with van der Waals surface area (Å²) in [6, 6.07) is 4.55. The number of aryl methyl sites for hydroxylation is 1. The third-order valence-electron chi connectivity index (χ3n) is 2.65. The van der Waals surface area contributed by atoms with Crippen LogP contribution in [0.25, 0.3) is 0 Å². The zero-order valence-corrected chi connectivity index (χ0v) is 12.8. The van der Waals surface area contributed by atoms with Crippen molar-refractivity contribution in [2.24, 2.45) is 0 Å². The van der Waals surface area contributed by atoms with Crippen LogP contribution in [0.1, 0.15) is 25.7 Å². The molecule has 0 atom stereocenters. The molecule has 21 heavy (non-hydrogen) atoms. The molecule has 6 nitrogen and oxygen atoms in total. The van der Waals surface area contributed by atoms with Gasteiger partial charge in [0.15, 0.2) is 5.13 Å². The maximum absolute atomic E-state index is 12.1. The number of thiazole rings is 1. The number of esters is 1. The first-order valence-corrected chi connectivity index (χ1v) is 7.04. The van der Waals surface area contributed by atoms with Crippen LogP contribution in [0.3, 0.4) is 0 Å². The number of carbonyl (C=O) groups excluding carboxylic acids is 2. The van der Waals surface area contributed by atoms with Crippen molar-refractivity contribution in [2.75, 3.05) is 18.2 Å². The molecule has 110 valence electrons. The first-order chi connectivity index (χ1) is 9.92. The SMILES string of the molecule is COC(=O)c1cc(NC(=O)c2sc(N)nc2C)ccc1Cl. The van der Waals surface area contributed by atoms with Crippen molar-refractivity contribution >= 4 is 45.6 Å². The van der Waals surface area contributed by atoms with Crippen LogP contribution in [0.15, 0.2) is 18.2 Å². The van der Waals surface area contributed by atoms with Crippen molar-refractivity contribution in [3.05, 3.63) is 39.4 Å². The first-order valence-electron chi connectivity index (χ1n) is 5.84. The van der Waals surface area contributed by atoms with E-state index in [0.717, 1.165) is 11.3 Å². The molecule has 0 aliphatic rings. The molecule has 1 amide bonds. The molecule has 0 radical (unpaired) electrons. The fraction of sp³-hybridized carbons (Fsp3) is 0.154. The molecule has 1 aromatic heterocycles. The highest BCUT2D eigenvalue weighted by molar-refractivity contribution is 7.17. The summed E-state index contributed by atoms with van der Waals surface area (Å²) in [7, 11) is 1.26. The number of nitrogens with zero attached hydrogens (tertiary/aromatic N) is 1. The zero-order valence-electron chi connectivity index (χ0n) is 11.3. The number of amides is 1. The molecule has 0 fully saturated rings. The van der Waals surface area contributed by atoms with Crippen LogP contribution in [0.4, 0.5) is 10.8 Å². The van der Waals surface area contributed by atoms with Gasteiger partial charge in [-0.1, -0.05) is 22.9 Å². The van der Waals surface area contributed by atoms with E-state index in [1.54, 1.807) is 13.0 Å². The number of hydrogen-bond donors (Lipinski definition) is 2. The molecule has 1 aromatic carbocycles. The number of halogens is 1. The van der Waals surface area contributed by atoms with E-state index in [9.17, 15) is 9.59 Å². The summed E-state index contributed by atoms with van der Waals surface area (Å²) in [5.74, 6) is -0.922. The molecule has 8 heteroatoms. The largest absolute Gasteiger partial charge is 0.465 e. The molecular weight excluding hydrogens is 314 g/mol. The monoisotopic (exact) mass is 325 g/mol. The number of rotatable bonds is 3. The number of hydrogen-bond acceptors (Lipinski definition) is 6. The van der Waals surface area contributed by atoms with E-state index in [1.165, 1.54) is 19.2 Å². The summed E-state index contributed by atoms with van der Waals surface area (Å²) >= 11 is 7.01. The quantitative estimate of drug-likeness (QED) is 0.846. The van der Waals surface area contributed by atoms with Gasteiger partial charge in [-0.15, -0.1) is 0 Å². The van der Waals surface area contributed by atoms with Crippen LogP contribution in [0.5, 0.6) is 0 Å². The summed E-state index contributed by atoms with van der Waals surface area (Å²) in [5.41, 5.74) is 6.72. The van der Waals surface area contributed by atoms with E-state index < -0.39 is 5.97 Å². The molecule has 0 bridgehead atoms. The van der Waals surface area contributed by atoms with E-state index in [2.05, 4.69) is 15.0 Å². The van der Waals surface area contributed by atoms with Gasteiger partial charge in [-0.2, -0.15) is 0 Å². The van der Waals surface area contributed by atoms with Crippen molar-refractivity contribution < 1.29 is 14.3 Å². The molecule has 1 heterocycles. The predicted octanol–water partition coefficient (Wildman–Crippen LogP) is 2.73. The van der Waals surface area contributed by atoms with Gasteiger partial charge in [-0.05, 0) is 25.1 Å². The number of carbonyl (C=O) groups is 2. The van der Waals surface area contributed by atoms with E-state index in [1.807, 2.05) is 0 Å². The number of ether oxygens (including phenoxy) is 1. The van der Waals surface area contributed by atoms with E-state index in [-0.39, 0.29) is 16.5 Å². The van der Waals surface area contributed by atoms with Gasteiger partial charge < -0.3 is 15.8 Å². The maximum Gasteiger partial charge on any atom is 0.339 e. The Bertz CT molecular complexity index is 715. The molecule has 0 spiro atoms. The van der Waals surface area contributed by atoms with Crippen LogP contribution >= 0.6 is 22.9 Å². The van der Waals surface area contributed by atoms with Crippen LogP contribution in [-0.4, -0.2) is 24.0 Å². The van der Waals surface area contributed by atoms with E-state index in [0.29, 0.717) is 21.4 Å². The van der Waals surface area contributed by atoms with Gasteiger partial charge in [0.25, 0.3) is 5.91 Å². The van der Waals surface area contributed by atoms with Gasteiger partial charge in [-0.3, -0.25) is 4.79 Å². The Morgan fingerprint density at radius 1 is 1.43 bits per heavy atom. The smallest absolute Gasteiger partial charge is 0.339 e. The number of nitrogen functional groups attached to an aromatic ring is 1. The zero-order chi connectivity index (χ0) is 15.6. The first kappa shape index (κ1) is 15.3. The van der Waals surface area contributed by atoms with E-state index >= 15 is 0 Å². The number of anilines is 2. The molecular formula is C13H12ClN3O3S. The highest BCUT2D eigenvalue weighted by Gasteiger charge is 2.16. The standard InChI is InChI=1S/C13H12ClN3O3S/c1-6-10(21-13(15)16-6)11(18)17-7-3-4-9(14)8(5-7)12(19)20-2/h3-5H,1-2H3,(H2,15,16)(H,17,18). The van der Waals surface area contributed by atoms with Crippen molar-refractivity contribution in [2.45, 2.75) is 6.92 Å². The lowest BCUT2D eigenvalue weighted by Gasteiger charge is -2.07. The molecule has 0 unspecified atom stereocenters. The van der Waals surface area contributed by atoms with Crippen molar-refractivity contribution in [1.82, 2.24) is 4.98 Å². The molecule has 0 aliphatic carbocycles. The number of methoxy groups -OCH3 is 1. The third-order valence-corrected chi connectivity index (χ3v) is 3.96. The number of benzene rings is 1. The topological polar surface area (TPSA) is 94.3 Å². The van der Waals surface area contributed by atoms with Crippen LogP contribution in [0.2, 0.25) is 5.02 Å². The van der Waals surface area contributed by atoms with Crippen molar-refractivity contribution in [3.63, 3.8) is 0 Å². The highest BCUT2D eigenvalue weighted by atomic mass is 35.5. The fourth-order valence-corrected chi connectivity index (χ4v) is 2.61. The molecule has 2 aromatic rings. The summed E-state index contributed by atoms with van der Waals surface area (Å²) in [5, 5.41) is 3.24. The van der Waals surface area contributed by atoms with Gasteiger partial charge in [0.2, 0.25) is 0 Å². The minimum atomic E-state index is -0.575. The molecule has 3 N–H and O–H groups in total. The maximum atomic E-state index is 12.1. The number of nitrogens with two attached hydrogens (primary N) is 1. The van der Waals surface area contributed by atoms with Crippen LogP contribution in [-0.2, 0) is 4.74 Å². The van der Waals surface area contributed by atoms with Gasteiger partial charge in [0.05, 0.1) is 23.4 Å². The summed E-state index contributed by atoms with van der Waals surface area (Å²) < 4.78 is 4.62. The molecule has 2 rings (SSSR count). The average Bonchev–Trinajstić information content (AvgIpc) is 2.79. The second-order valence-corrected chi connectivity index (χ2v) is 5.54.